The summed E-state index contributed by atoms with van der Waals surface area (Å²) in [6.07, 6.45) is 3.14. The maximum atomic E-state index is 12.8. The van der Waals surface area contributed by atoms with Crippen molar-refractivity contribution in [3.8, 4) is 5.75 Å². The van der Waals surface area contributed by atoms with E-state index in [4.69, 9.17) is 0 Å². The number of hydrogen-bond donors (Lipinski definition) is 3. The number of nitrogens with one attached hydrogen (secondary N) is 2. The summed E-state index contributed by atoms with van der Waals surface area (Å²) >= 11 is 0. The monoisotopic (exact) mass is 380 g/mol. The number of amides is 3. The molecule has 1 atom stereocenters. The highest BCUT2D eigenvalue weighted by Gasteiger charge is 2.54. The first-order valence-electron chi connectivity index (χ1n) is 9.55. The van der Waals surface area contributed by atoms with Gasteiger partial charge in [-0.05, 0) is 57.0 Å². The second kappa shape index (κ2) is 7.24. The van der Waals surface area contributed by atoms with Crippen LogP contribution in [-0.4, -0.2) is 40.0 Å². The van der Waals surface area contributed by atoms with Gasteiger partial charge in [-0.1, -0.05) is 23.8 Å². The Kier molecular flexibility index (Phi) is 4.77. The van der Waals surface area contributed by atoms with Gasteiger partial charge >= 0.3 is 6.03 Å². The molecule has 2 aliphatic heterocycles. The van der Waals surface area contributed by atoms with Gasteiger partial charge in [0.15, 0.2) is 5.54 Å². The zero-order valence-corrected chi connectivity index (χ0v) is 15.8. The molecule has 3 amide bonds. The third-order valence-electron chi connectivity index (χ3n) is 5.79. The predicted octanol–water partition coefficient (Wildman–Crippen LogP) is 2.04. The van der Waals surface area contributed by atoms with Crippen molar-refractivity contribution in [2.24, 2.45) is 5.92 Å². The number of imide groups is 1. The van der Waals surface area contributed by atoms with Crippen LogP contribution in [0, 0.1) is 12.8 Å². The number of carbonyl (C=O) groups is 2. The van der Waals surface area contributed by atoms with Gasteiger partial charge in [0.2, 0.25) is 0 Å². The van der Waals surface area contributed by atoms with Gasteiger partial charge in [0, 0.05) is 18.3 Å². The van der Waals surface area contributed by atoms with E-state index in [9.17, 15) is 14.7 Å². The van der Waals surface area contributed by atoms with Gasteiger partial charge < -0.3 is 10.4 Å². The second-order valence-electron chi connectivity index (χ2n) is 7.61. The molecule has 4 rings (SSSR count). The molecule has 2 aliphatic rings. The fourth-order valence-electron chi connectivity index (χ4n) is 4.35. The van der Waals surface area contributed by atoms with E-state index in [0.29, 0.717) is 18.0 Å². The molecule has 0 saturated carbocycles. The molecule has 2 aromatic rings. The van der Waals surface area contributed by atoms with Gasteiger partial charge in [0.25, 0.3) is 5.91 Å². The maximum absolute atomic E-state index is 12.8. The molecule has 0 spiro atoms. The van der Waals surface area contributed by atoms with Crippen LogP contribution in [-0.2, 0) is 16.9 Å². The molecule has 28 heavy (non-hydrogen) atoms. The number of piperidine rings is 1. The van der Waals surface area contributed by atoms with Gasteiger partial charge in [-0.2, -0.15) is 0 Å². The molecule has 2 saturated heterocycles. The second-order valence-corrected chi connectivity index (χ2v) is 7.61. The number of likely N-dealkylation sites (tertiary alicyclic amines) is 1. The van der Waals surface area contributed by atoms with Crippen molar-refractivity contribution >= 4 is 11.9 Å². The Balaban J connectivity index is 1.52. The van der Waals surface area contributed by atoms with Crippen LogP contribution in [0.25, 0.3) is 0 Å². The summed E-state index contributed by atoms with van der Waals surface area (Å²) in [5.41, 5.74) is 1.48. The maximum Gasteiger partial charge on any atom is 0.322 e. The van der Waals surface area contributed by atoms with Crippen LogP contribution in [0.4, 0.5) is 4.79 Å². The number of carbonyl (C=O) groups excluding carboxylic acids is 2. The molecular formula is C21H24N4O3. The number of aromatic hydroxyl groups is 1. The Morgan fingerprint density at radius 3 is 2.64 bits per heavy atom. The topological polar surface area (TPSA) is 94.6 Å². The first-order chi connectivity index (χ1) is 13.5. The summed E-state index contributed by atoms with van der Waals surface area (Å²) in [5.74, 6) is -0.0673. The van der Waals surface area contributed by atoms with E-state index >= 15 is 0 Å². The van der Waals surface area contributed by atoms with Crippen molar-refractivity contribution in [3.05, 3.63) is 59.4 Å². The Hall–Kier alpha value is -2.93. The molecule has 2 fully saturated rings. The number of hydrogen-bond acceptors (Lipinski definition) is 5. The van der Waals surface area contributed by atoms with Gasteiger partial charge in [0.1, 0.15) is 5.75 Å². The minimum absolute atomic E-state index is 0.0452. The molecule has 0 radical (unpaired) electrons. The number of nitrogens with zero attached hydrogens (tertiary/aromatic N) is 2. The third-order valence-corrected chi connectivity index (χ3v) is 5.79. The molecule has 1 aromatic carbocycles. The van der Waals surface area contributed by atoms with Crippen LogP contribution in [0.2, 0.25) is 0 Å². The fraction of sp³-hybridized carbons (Fsp3) is 0.381. The lowest BCUT2D eigenvalue weighted by Gasteiger charge is -2.40. The van der Waals surface area contributed by atoms with Crippen molar-refractivity contribution in [1.82, 2.24) is 20.5 Å². The third kappa shape index (κ3) is 3.22. The van der Waals surface area contributed by atoms with E-state index in [1.807, 2.05) is 25.1 Å². The van der Waals surface area contributed by atoms with E-state index in [1.54, 1.807) is 24.4 Å². The highest BCUT2D eigenvalue weighted by Crippen LogP contribution is 2.38. The summed E-state index contributed by atoms with van der Waals surface area (Å²) < 4.78 is 0. The number of phenolic OH excluding ortho intramolecular Hbond substituents is 1. The molecule has 0 aliphatic carbocycles. The van der Waals surface area contributed by atoms with Crippen LogP contribution in [0.15, 0.2) is 42.6 Å². The molecule has 7 nitrogen and oxygen atoms in total. The quantitative estimate of drug-likeness (QED) is 0.706. The first kappa shape index (κ1) is 18.4. The zero-order chi connectivity index (χ0) is 19.7. The number of phenols is 1. The number of aromatic nitrogens is 1. The van der Waals surface area contributed by atoms with Crippen molar-refractivity contribution in [2.75, 3.05) is 13.1 Å². The fourth-order valence-corrected chi connectivity index (χ4v) is 4.35. The van der Waals surface area contributed by atoms with E-state index in [-0.39, 0.29) is 11.8 Å². The molecular weight excluding hydrogens is 356 g/mol. The van der Waals surface area contributed by atoms with Crippen molar-refractivity contribution in [1.29, 1.82) is 0 Å². The predicted molar refractivity (Wildman–Crippen MR) is 103 cm³/mol. The molecule has 146 valence electrons. The average molecular weight is 380 g/mol. The molecule has 3 N–H and O–H groups in total. The summed E-state index contributed by atoms with van der Waals surface area (Å²) in [6.45, 7) is 4.22. The highest BCUT2D eigenvalue weighted by molar-refractivity contribution is 6.07. The van der Waals surface area contributed by atoms with E-state index in [1.165, 1.54) is 0 Å². The largest absolute Gasteiger partial charge is 0.508 e. The highest BCUT2D eigenvalue weighted by atomic mass is 16.3. The minimum Gasteiger partial charge on any atom is -0.508 e. The molecule has 1 unspecified atom stereocenters. The lowest BCUT2D eigenvalue weighted by molar-refractivity contribution is -0.127. The van der Waals surface area contributed by atoms with E-state index in [2.05, 4.69) is 20.5 Å². The Morgan fingerprint density at radius 1 is 1.21 bits per heavy atom. The van der Waals surface area contributed by atoms with Crippen LogP contribution in [0.3, 0.4) is 0 Å². The first-order valence-corrected chi connectivity index (χ1v) is 9.55. The molecule has 7 heteroatoms. The van der Waals surface area contributed by atoms with Gasteiger partial charge in [-0.3, -0.25) is 20.0 Å². The van der Waals surface area contributed by atoms with Crippen molar-refractivity contribution in [3.63, 3.8) is 0 Å². The average Bonchev–Trinajstić information content (AvgIpc) is 3.01. The molecule has 0 bridgehead atoms. The summed E-state index contributed by atoms with van der Waals surface area (Å²) in [5, 5.41) is 15.4. The lowest BCUT2D eigenvalue weighted by atomic mass is 9.75. The summed E-state index contributed by atoms with van der Waals surface area (Å²) in [7, 11) is 0. The molecule has 1 aromatic heterocycles. The normalized spacial score (nSPS) is 23.5. The Labute approximate surface area is 163 Å². The van der Waals surface area contributed by atoms with Crippen LogP contribution in [0.5, 0.6) is 5.75 Å². The number of rotatable bonds is 4. The summed E-state index contributed by atoms with van der Waals surface area (Å²) in [4.78, 5) is 31.4. The lowest BCUT2D eigenvalue weighted by Crippen LogP contribution is -2.53. The number of urea groups is 1. The van der Waals surface area contributed by atoms with Crippen LogP contribution < -0.4 is 10.6 Å². The molecule has 3 heterocycles. The smallest absolute Gasteiger partial charge is 0.322 e. The van der Waals surface area contributed by atoms with Crippen molar-refractivity contribution in [2.45, 2.75) is 31.8 Å². The number of aryl methyl sites for hydroxylation is 1. The number of pyridine rings is 1. The van der Waals surface area contributed by atoms with E-state index in [0.717, 1.165) is 37.1 Å². The Bertz CT molecular complexity index is 894. The van der Waals surface area contributed by atoms with Gasteiger partial charge in [-0.15, -0.1) is 0 Å². The SMILES string of the molecule is Cc1ccc(O)c(CN2CCC(C3(c4ccccn4)NC(=O)NC3=O)CC2)c1. The van der Waals surface area contributed by atoms with Gasteiger partial charge in [-0.25, -0.2) is 4.79 Å². The number of benzene rings is 1. The van der Waals surface area contributed by atoms with E-state index < -0.39 is 11.6 Å². The summed E-state index contributed by atoms with van der Waals surface area (Å²) in [6, 6.07) is 10.6. The minimum atomic E-state index is -1.12. The van der Waals surface area contributed by atoms with Crippen molar-refractivity contribution < 1.29 is 14.7 Å². The van der Waals surface area contributed by atoms with Crippen LogP contribution in [0.1, 0.15) is 29.7 Å². The zero-order valence-electron chi connectivity index (χ0n) is 15.8. The van der Waals surface area contributed by atoms with Gasteiger partial charge in [0.05, 0.1) is 5.69 Å². The Morgan fingerprint density at radius 2 is 2.00 bits per heavy atom. The standard InChI is InChI=1S/C21H24N4O3/c1-14-5-6-17(26)15(12-14)13-25-10-7-16(8-11-25)21(18-4-2-3-9-22-18)19(27)23-20(28)24-21/h2-6,9,12,16,26H,7-8,10-11,13H2,1H3,(H2,23,24,27,28). The van der Waals surface area contributed by atoms with Crippen LogP contribution >= 0.6 is 0 Å².